The number of rotatable bonds is 6. The number of carbonyl (C=O) groups excluding carboxylic acids is 2. The van der Waals surface area contributed by atoms with E-state index in [1.807, 2.05) is 0 Å². The predicted molar refractivity (Wildman–Crippen MR) is 88.8 cm³/mol. The van der Waals surface area contributed by atoms with Gasteiger partial charge in [0.2, 0.25) is 0 Å². The summed E-state index contributed by atoms with van der Waals surface area (Å²) < 4.78 is 23.5. The Balaban J connectivity index is 1.69. The summed E-state index contributed by atoms with van der Waals surface area (Å²) in [6.07, 6.45) is 0. The molecule has 0 spiro atoms. The lowest BCUT2D eigenvalue weighted by molar-refractivity contribution is -0.384. The van der Waals surface area contributed by atoms with Crippen molar-refractivity contribution in [3.05, 3.63) is 74.5 Å². The quantitative estimate of drug-likeness (QED) is 0.280. The topological polar surface area (TPSA) is 122 Å². The summed E-state index contributed by atoms with van der Waals surface area (Å²) in [5, 5.41) is 10.8. The Morgan fingerprint density at radius 2 is 1.89 bits per heavy atom. The number of carbonyl (C=O) groups is 2. The molecule has 0 amide bonds. The maximum absolute atomic E-state index is 12.8. The molecule has 0 saturated carbocycles. The summed E-state index contributed by atoms with van der Waals surface area (Å²) in [6.45, 7) is -1.12. The van der Waals surface area contributed by atoms with Crippen LogP contribution >= 0.6 is 0 Å². The van der Waals surface area contributed by atoms with Gasteiger partial charge in [0, 0.05) is 11.6 Å². The molecule has 3 rings (SSSR count). The third kappa shape index (κ3) is 3.89. The molecule has 0 bridgehead atoms. The molecule has 0 aliphatic carbocycles. The number of ether oxygens (including phenoxy) is 1. The average Bonchev–Trinajstić information content (AvgIpc) is 2.95. The zero-order valence-corrected chi connectivity index (χ0v) is 13.6. The van der Waals surface area contributed by atoms with Crippen molar-refractivity contribution in [2.45, 2.75) is 6.54 Å². The van der Waals surface area contributed by atoms with Crippen LogP contribution in [0.4, 0.5) is 10.1 Å². The van der Waals surface area contributed by atoms with E-state index < -0.39 is 41.4 Å². The molecule has 0 fully saturated rings. The highest BCUT2D eigenvalue weighted by Gasteiger charge is 2.17. The van der Waals surface area contributed by atoms with Crippen LogP contribution in [0.1, 0.15) is 10.4 Å². The van der Waals surface area contributed by atoms with E-state index >= 15 is 0 Å². The fourth-order valence-corrected chi connectivity index (χ4v) is 2.36. The standard InChI is InChI=1S/C17H11FN2O7/c18-11-3-1-10(2-4-11)14(21)9-26-16(22)8-19-13-6-5-12(20(24)25)7-15(13)27-17(19)23/h1-7H,8-9H2. The molecule has 0 saturated heterocycles. The molecule has 138 valence electrons. The number of nitrogens with zero attached hydrogens (tertiary/aromatic N) is 2. The molecular formula is C17H11FN2O7. The first-order chi connectivity index (χ1) is 12.8. The first-order valence-corrected chi connectivity index (χ1v) is 7.57. The number of halogens is 1. The van der Waals surface area contributed by atoms with Crippen molar-refractivity contribution >= 4 is 28.5 Å². The fourth-order valence-electron chi connectivity index (χ4n) is 2.36. The molecule has 1 aromatic heterocycles. The Hall–Kier alpha value is -3.82. The Morgan fingerprint density at radius 3 is 2.56 bits per heavy atom. The number of non-ortho nitro benzene ring substituents is 1. The Kier molecular flexibility index (Phi) is 4.79. The second-order valence-corrected chi connectivity index (χ2v) is 5.45. The van der Waals surface area contributed by atoms with E-state index in [9.17, 15) is 28.9 Å². The van der Waals surface area contributed by atoms with Crippen molar-refractivity contribution in [2.75, 3.05) is 6.61 Å². The van der Waals surface area contributed by atoms with Crippen molar-refractivity contribution < 1.29 is 28.1 Å². The van der Waals surface area contributed by atoms with Gasteiger partial charge in [0.25, 0.3) is 5.69 Å². The minimum atomic E-state index is -0.896. The van der Waals surface area contributed by atoms with Gasteiger partial charge in [0.1, 0.15) is 12.4 Å². The molecule has 2 aromatic carbocycles. The molecule has 0 radical (unpaired) electrons. The van der Waals surface area contributed by atoms with E-state index in [1.54, 1.807) is 0 Å². The summed E-state index contributed by atoms with van der Waals surface area (Å²) in [4.78, 5) is 45.8. The van der Waals surface area contributed by atoms with E-state index in [1.165, 1.54) is 18.2 Å². The number of hydrogen-bond donors (Lipinski definition) is 0. The van der Waals surface area contributed by atoms with Crippen molar-refractivity contribution in [1.82, 2.24) is 4.57 Å². The number of Topliss-reactive ketones (excluding diaryl/α,β-unsaturated/α-hetero) is 1. The second kappa shape index (κ2) is 7.20. The van der Waals surface area contributed by atoms with Gasteiger partial charge in [-0.05, 0) is 30.3 Å². The molecule has 27 heavy (non-hydrogen) atoms. The number of hydrogen-bond acceptors (Lipinski definition) is 7. The molecule has 0 aliphatic heterocycles. The van der Waals surface area contributed by atoms with Crippen molar-refractivity contribution in [3.8, 4) is 0 Å². The molecule has 0 unspecified atom stereocenters. The van der Waals surface area contributed by atoms with E-state index in [0.29, 0.717) is 0 Å². The van der Waals surface area contributed by atoms with Crippen LogP contribution in [-0.2, 0) is 16.1 Å². The summed E-state index contributed by atoms with van der Waals surface area (Å²) in [6, 6.07) is 8.22. The normalized spacial score (nSPS) is 10.7. The lowest BCUT2D eigenvalue weighted by Crippen LogP contribution is -2.23. The van der Waals surface area contributed by atoms with Gasteiger partial charge < -0.3 is 9.15 Å². The maximum atomic E-state index is 12.8. The largest absolute Gasteiger partial charge is 0.456 e. The summed E-state index contributed by atoms with van der Waals surface area (Å²) in [5.74, 6) is -2.82. The highest BCUT2D eigenvalue weighted by molar-refractivity contribution is 5.97. The van der Waals surface area contributed by atoms with Gasteiger partial charge in [-0.2, -0.15) is 0 Å². The first-order valence-electron chi connectivity index (χ1n) is 7.57. The highest BCUT2D eigenvalue weighted by Crippen LogP contribution is 2.20. The van der Waals surface area contributed by atoms with Crippen LogP contribution in [0.5, 0.6) is 0 Å². The third-order valence-electron chi connectivity index (χ3n) is 3.68. The Morgan fingerprint density at radius 1 is 1.19 bits per heavy atom. The van der Waals surface area contributed by atoms with Crippen LogP contribution in [0.15, 0.2) is 51.7 Å². The summed E-state index contributed by atoms with van der Waals surface area (Å²) in [5.41, 5.74) is 0.0232. The van der Waals surface area contributed by atoms with Crippen LogP contribution < -0.4 is 5.76 Å². The summed E-state index contributed by atoms with van der Waals surface area (Å²) in [7, 11) is 0. The molecule has 10 heteroatoms. The Labute approximate surface area is 149 Å². The number of nitro groups is 1. The number of ketones is 1. The molecule has 9 nitrogen and oxygen atoms in total. The van der Waals surface area contributed by atoms with Crippen LogP contribution in [0.25, 0.3) is 11.1 Å². The van der Waals surface area contributed by atoms with Gasteiger partial charge in [0.05, 0.1) is 16.5 Å². The second-order valence-electron chi connectivity index (χ2n) is 5.45. The SMILES string of the molecule is O=C(Cn1c(=O)oc2cc([N+](=O)[O-])ccc21)OCC(=O)c1ccc(F)cc1. The zero-order chi connectivity index (χ0) is 19.6. The smallest absolute Gasteiger partial charge is 0.420 e. The average molecular weight is 374 g/mol. The maximum Gasteiger partial charge on any atom is 0.420 e. The Bertz CT molecular complexity index is 1100. The van der Waals surface area contributed by atoms with Gasteiger partial charge in [0.15, 0.2) is 18.0 Å². The number of fused-ring (bicyclic) bond motifs is 1. The molecule has 0 atom stereocenters. The summed E-state index contributed by atoms with van der Waals surface area (Å²) >= 11 is 0. The van der Waals surface area contributed by atoms with Crippen LogP contribution in [-0.4, -0.2) is 27.8 Å². The van der Waals surface area contributed by atoms with Gasteiger partial charge in [-0.25, -0.2) is 9.18 Å². The van der Waals surface area contributed by atoms with Crippen LogP contribution in [0.2, 0.25) is 0 Å². The lowest BCUT2D eigenvalue weighted by Gasteiger charge is -2.05. The van der Waals surface area contributed by atoms with Gasteiger partial charge >= 0.3 is 11.7 Å². The molecule has 0 aliphatic rings. The fraction of sp³-hybridized carbons (Fsp3) is 0.118. The van der Waals surface area contributed by atoms with Gasteiger partial charge in [-0.15, -0.1) is 0 Å². The van der Waals surface area contributed by atoms with E-state index in [0.717, 1.165) is 28.8 Å². The molecular weight excluding hydrogens is 363 g/mol. The van der Waals surface area contributed by atoms with Crippen molar-refractivity contribution in [3.63, 3.8) is 0 Å². The van der Waals surface area contributed by atoms with Crippen LogP contribution in [0.3, 0.4) is 0 Å². The van der Waals surface area contributed by atoms with Gasteiger partial charge in [-0.3, -0.25) is 24.3 Å². The monoisotopic (exact) mass is 374 g/mol. The van der Waals surface area contributed by atoms with Crippen molar-refractivity contribution in [1.29, 1.82) is 0 Å². The first kappa shape index (κ1) is 18.0. The molecule has 0 N–H and O–H groups in total. The van der Waals surface area contributed by atoms with E-state index in [-0.39, 0.29) is 22.4 Å². The number of aromatic nitrogens is 1. The number of nitro benzene ring substituents is 1. The van der Waals surface area contributed by atoms with E-state index in [4.69, 9.17) is 9.15 Å². The predicted octanol–water partition coefficient (Wildman–Crippen LogP) is 2.07. The number of esters is 1. The van der Waals surface area contributed by atoms with E-state index in [2.05, 4.69) is 0 Å². The number of oxazole rings is 1. The zero-order valence-electron chi connectivity index (χ0n) is 13.6. The minimum absolute atomic E-state index is 0.0515. The van der Waals surface area contributed by atoms with Crippen LogP contribution in [0, 0.1) is 15.9 Å². The lowest BCUT2D eigenvalue weighted by atomic mass is 10.1. The molecule has 1 heterocycles. The highest BCUT2D eigenvalue weighted by atomic mass is 19.1. The van der Waals surface area contributed by atoms with Crippen molar-refractivity contribution in [2.24, 2.45) is 0 Å². The third-order valence-corrected chi connectivity index (χ3v) is 3.68. The minimum Gasteiger partial charge on any atom is -0.456 e. The van der Waals surface area contributed by atoms with Gasteiger partial charge in [-0.1, -0.05) is 0 Å². The number of benzene rings is 2. The molecule has 3 aromatic rings.